The van der Waals surface area contributed by atoms with Crippen molar-refractivity contribution in [3.05, 3.63) is 21.8 Å². The normalized spacial score (nSPS) is 11.1. The zero-order chi connectivity index (χ0) is 14.0. The number of anilines is 1. The third kappa shape index (κ3) is 2.88. The summed E-state index contributed by atoms with van der Waals surface area (Å²) in [5.41, 5.74) is 2.00. The van der Waals surface area contributed by atoms with E-state index in [9.17, 15) is 0 Å². The van der Waals surface area contributed by atoms with E-state index in [0.29, 0.717) is 5.92 Å². The second-order valence-electron chi connectivity index (χ2n) is 4.67. The molecule has 0 aliphatic rings. The fourth-order valence-corrected chi connectivity index (χ4v) is 2.87. The minimum absolute atomic E-state index is 0.360. The van der Waals surface area contributed by atoms with Crippen LogP contribution in [-0.4, -0.2) is 26.1 Å². The van der Waals surface area contributed by atoms with Gasteiger partial charge in [0.05, 0.1) is 21.8 Å². The maximum atomic E-state index is 4.70. The Labute approximate surface area is 127 Å². The van der Waals surface area contributed by atoms with Gasteiger partial charge in [0.2, 0.25) is 0 Å². The van der Waals surface area contributed by atoms with Gasteiger partial charge in [0.1, 0.15) is 11.5 Å². The fourth-order valence-electron chi connectivity index (χ4n) is 1.82. The van der Waals surface area contributed by atoms with E-state index in [0.717, 1.165) is 33.1 Å². The van der Waals surface area contributed by atoms with Crippen molar-refractivity contribution in [2.45, 2.75) is 26.7 Å². The van der Waals surface area contributed by atoms with Crippen molar-refractivity contribution in [2.75, 3.05) is 11.9 Å². The molecule has 2 aromatic rings. The Morgan fingerprint density at radius 3 is 2.63 bits per heavy atom. The Morgan fingerprint density at radius 2 is 2.11 bits per heavy atom. The van der Waals surface area contributed by atoms with E-state index in [1.807, 2.05) is 11.6 Å². The summed E-state index contributed by atoms with van der Waals surface area (Å²) in [7, 11) is 1.95. The first kappa shape index (κ1) is 14.2. The molecule has 6 heteroatoms. The summed E-state index contributed by atoms with van der Waals surface area (Å²) in [6.45, 7) is 7.20. The number of aromatic nitrogens is 4. The standard InChI is InChI=1S/C13H18IN5/c1-5-16-13-10(14)11(8(2)3)17-12(18-13)9-6-15-7-19(9)4/h6-8H,5H2,1-4H3,(H,16,17,18). The Hall–Kier alpha value is -1.18. The largest absolute Gasteiger partial charge is 0.369 e. The predicted octanol–water partition coefficient (Wildman–Crippen LogP) is 3.04. The summed E-state index contributed by atoms with van der Waals surface area (Å²) in [5, 5.41) is 3.30. The van der Waals surface area contributed by atoms with E-state index >= 15 is 0 Å². The summed E-state index contributed by atoms with van der Waals surface area (Å²) in [6, 6.07) is 0. The number of halogens is 1. The average Bonchev–Trinajstić information content (AvgIpc) is 2.78. The average molecular weight is 371 g/mol. The van der Waals surface area contributed by atoms with Crippen molar-refractivity contribution in [2.24, 2.45) is 7.05 Å². The summed E-state index contributed by atoms with van der Waals surface area (Å²) < 4.78 is 3.03. The molecular weight excluding hydrogens is 353 g/mol. The molecule has 0 aromatic carbocycles. The van der Waals surface area contributed by atoms with Crippen LogP contribution < -0.4 is 5.32 Å². The van der Waals surface area contributed by atoms with Crippen LogP contribution in [-0.2, 0) is 7.05 Å². The lowest BCUT2D eigenvalue weighted by molar-refractivity contribution is 0.803. The molecule has 0 aliphatic carbocycles. The third-order valence-electron chi connectivity index (χ3n) is 2.81. The molecular formula is C13H18IN5. The molecule has 0 atom stereocenters. The Bertz CT molecular complexity index is 576. The topological polar surface area (TPSA) is 55.6 Å². The number of nitrogens with one attached hydrogen (secondary N) is 1. The number of hydrogen-bond donors (Lipinski definition) is 1. The van der Waals surface area contributed by atoms with Crippen LogP contribution >= 0.6 is 22.6 Å². The number of rotatable bonds is 4. The molecule has 0 fully saturated rings. The van der Waals surface area contributed by atoms with Crippen molar-refractivity contribution in [1.29, 1.82) is 0 Å². The van der Waals surface area contributed by atoms with Gasteiger partial charge in [-0.05, 0) is 35.4 Å². The summed E-state index contributed by atoms with van der Waals surface area (Å²) in [4.78, 5) is 13.4. The lowest BCUT2D eigenvalue weighted by atomic mass is 10.1. The molecule has 102 valence electrons. The maximum absolute atomic E-state index is 4.70. The molecule has 2 rings (SSSR count). The molecule has 0 amide bonds. The highest BCUT2D eigenvalue weighted by molar-refractivity contribution is 14.1. The van der Waals surface area contributed by atoms with Gasteiger partial charge in [-0.15, -0.1) is 0 Å². The highest BCUT2D eigenvalue weighted by atomic mass is 127. The molecule has 0 unspecified atom stereocenters. The first-order chi connectivity index (χ1) is 9.04. The minimum atomic E-state index is 0.360. The van der Waals surface area contributed by atoms with E-state index in [1.54, 1.807) is 12.5 Å². The first-order valence-electron chi connectivity index (χ1n) is 6.32. The van der Waals surface area contributed by atoms with Crippen LogP contribution in [0.5, 0.6) is 0 Å². The number of nitrogens with zero attached hydrogens (tertiary/aromatic N) is 4. The zero-order valence-corrected chi connectivity index (χ0v) is 13.8. The van der Waals surface area contributed by atoms with E-state index < -0.39 is 0 Å². The van der Waals surface area contributed by atoms with Gasteiger partial charge in [-0.2, -0.15) is 0 Å². The number of aryl methyl sites for hydroxylation is 1. The van der Waals surface area contributed by atoms with Gasteiger partial charge >= 0.3 is 0 Å². The predicted molar refractivity (Wildman–Crippen MR) is 85.2 cm³/mol. The van der Waals surface area contributed by atoms with Gasteiger partial charge in [-0.25, -0.2) is 15.0 Å². The molecule has 2 heterocycles. The molecule has 0 saturated carbocycles. The molecule has 0 radical (unpaired) electrons. The fraction of sp³-hybridized carbons (Fsp3) is 0.462. The monoisotopic (exact) mass is 371 g/mol. The van der Waals surface area contributed by atoms with Crippen LogP contribution in [0, 0.1) is 3.57 Å². The smallest absolute Gasteiger partial charge is 0.180 e. The SMILES string of the molecule is CCNc1nc(-c2cncn2C)nc(C(C)C)c1I. The van der Waals surface area contributed by atoms with Gasteiger partial charge in [0.15, 0.2) is 5.82 Å². The van der Waals surface area contributed by atoms with Crippen molar-refractivity contribution < 1.29 is 0 Å². The van der Waals surface area contributed by atoms with Gasteiger partial charge in [0.25, 0.3) is 0 Å². The summed E-state index contributed by atoms with van der Waals surface area (Å²) in [6.07, 6.45) is 3.56. The first-order valence-corrected chi connectivity index (χ1v) is 7.40. The van der Waals surface area contributed by atoms with Gasteiger partial charge in [0, 0.05) is 13.6 Å². The molecule has 1 N–H and O–H groups in total. The molecule has 0 aliphatic heterocycles. The van der Waals surface area contributed by atoms with Crippen LogP contribution in [0.25, 0.3) is 11.5 Å². The highest BCUT2D eigenvalue weighted by Crippen LogP contribution is 2.27. The van der Waals surface area contributed by atoms with Gasteiger partial charge in [-0.1, -0.05) is 13.8 Å². The van der Waals surface area contributed by atoms with Crippen LogP contribution in [0.15, 0.2) is 12.5 Å². The maximum Gasteiger partial charge on any atom is 0.180 e. The van der Waals surface area contributed by atoms with E-state index in [2.05, 4.69) is 58.6 Å². The lowest BCUT2D eigenvalue weighted by Gasteiger charge is -2.14. The second kappa shape index (κ2) is 5.85. The quantitative estimate of drug-likeness (QED) is 0.840. The van der Waals surface area contributed by atoms with Crippen LogP contribution in [0.4, 0.5) is 5.82 Å². The second-order valence-corrected chi connectivity index (χ2v) is 5.75. The Balaban J connectivity index is 2.59. The van der Waals surface area contributed by atoms with Crippen molar-refractivity contribution in [1.82, 2.24) is 19.5 Å². The molecule has 5 nitrogen and oxygen atoms in total. The number of hydrogen-bond acceptors (Lipinski definition) is 4. The zero-order valence-electron chi connectivity index (χ0n) is 11.6. The van der Waals surface area contributed by atoms with E-state index in [1.165, 1.54) is 0 Å². The molecule has 0 bridgehead atoms. The van der Waals surface area contributed by atoms with Crippen LogP contribution in [0.3, 0.4) is 0 Å². The van der Waals surface area contributed by atoms with E-state index in [4.69, 9.17) is 4.98 Å². The Morgan fingerprint density at radius 1 is 1.37 bits per heavy atom. The summed E-state index contributed by atoms with van der Waals surface area (Å²) >= 11 is 2.31. The third-order valence-corrected chi connectivity index (χ3v) is 3.88. The molecule has 19 heavy (non-hydrogen) atoms. The van der Waals surface area contributed by atoms with Crippen LogP contribution in [0.2, 0.25) is 0 Å². The van der Waals surface area contributed by atoms with Gasteiger partial charge < -0.3 is 9.88 Å². The Kier molecular flexibility index (Phi) is 4.38. The summed E-state index contributed by atoms with van der Waals surface area (Å²) in [5.74, 6) is 1.98. The molecule has 0 saturated heterocycles. The van der Waals surface area contributed by atoms with E-state index in [-0.39, 0.29) is 0 Å². The molecule has 2 aromatic heterocycles. The van der Waals surface area contributed by atoms with Crippen molar-refractivity contribution >= 4 is 28.4 Å². The highest BCUT2D eigenvalue weighted by Gasteiger charge is 2.16. The van der Waals surface area contributed by atoms with Crippen molar-refractivity contribution in [3.63, 3.8) is 0 Å². The molecule has 0 spiro atoms. The van der Waals surface area contributed by atoms with Gasteiger partial charge in [-0.3, -0.25) is 0 Å². The van der Waals surface area contributed by atoms with Crippen LogP contribution in [0.1, 0.15) is 32.4 Å². The van der Waals surface area contributed by atoms with Crippen molar-refractivity contribution in [3.8, 4) is 11.5 Å². The minimum Gasteiger partial charge on any atom is -0.369 e. The lowest BCUT2D eigenvalue weighted by Crippen LogP contribution is -2.09. The number of imidazole rings is 1.